The molecule has 3 N–H and O–H groups in total. The number of carbonyl (C=O) groups is 2. The van der Waals surface area contributed by atoms with E-state index in [2.05, 4.69) is 10.6 Å². The molecule has 2 rings (SSSR count). The SMILES string of the molecule is CC(C)(CNCC(=O)O)c1ccc2c(c1)CC(=O)N2. The molecule has 1 aliphatic rings. The Morgan fingerprint density at radius 3 is 2.89 bits per heavy atom. The van der Waals surface area contributed by atoms with E-state index in [1.165, 1.54) is 0 Å². The van der Waals surface area contributed by atoms with E-state index in [9.17, 15) is 9.59 Å². The third kappa shape index (κ3) is 3.12. The van der Waals surface area contributed by atoms with Crippen LogP contribution in [0.25, 0.3) is 0 Å². The van der Waals surface area contributed by atoms with Crippen LogP contribution in [-0.4, -0.2) is 30.1 Å². The summed E-state index contributed by atoms with van der Waals surface area (Å²) in [7, 11) is 0. The smallest absolute Gasteiger partial charge is 0.317 e. The minimum atomic E-state index is -0.862. The fraction of sp³-hybridized carbons (Fsp3) is 0.429. The van der Waals surface area contributed by atoms with E-state index in [0.717, 1.165) is 16.8 Å². The molecule has 0 saturated carbocycles. The monoisotopic (exact) mass is 262 g/mol. The summed E-state index contributed by atoms with van der Waals surface area (Å²) in [5, 5.41) is 14.3. The van der Waals surface area contributed by atoms with Crippen molar-refractivity contribution in [1.82, 2.24) is 5.32 Å². The van der Waals surface area contributed by atoms with Gasteiger partial charge in [-0.15, -0.1) is 0 Å². The summed E-state index contributed by atoms with van der Waals surface area (Å²) < 4.78 is 0. The Kier molecular flexibility index (Phi) is 3.57. The van der Waals surface area contributed by atoms with Crippen LogP contribution < -0.4 is 10.6 Å². The highest BCUT2D eigenvalue weighted by atomic mass is 16.4. The number of hydrogen-bond acceptors (Lipinski definition) is 3. The third-order valence-electron chi connectivity index (χ3n) is 3.35. The lowest BCUT2D eigenvalue weighted by molar-refractivity contribution is -0.136. The number of carboxylic acid groups (broad SMARTS) is 1. The van der Waals surface area contributed by atoms with Crippen molar-refractivity contribution in [2.24, 2.45) is 0 Å². The fourth-order valence-electron chi connectivity index (χ4n) is 2.23. The molecule has 102 valence electrons. The lowest BCUT2D eigenvalue weighted by Crippen LogP contribution is -2.35. The van der Waals surface area contributed by atoms with Gasteiger partial charge in [-0.1, -0.05) is 26.0 Å². The van der Waals surface area contributed by atoms with Gasteiger partial charge in [-0.05, 0) is 17.2 Å². The second kappa shape index (κ2) is 5.01. The molecule has 0 radical (unpaired) electrons. The van der Waals surface area contributed by atoms with Gasteiger partial charge in [0.1, 0.15) is 0 Å². The van der Waals surface area contributed by atoms with Gasteiger partial charge >= 0.3 is 5.97 Å². The van der Waals surface area contributed by atoms with E-state index in [0.29, 0.717) is 13.0 Å². The fourth-order valence-corrected chi connectivity index (χ4v) is 2.23. The van der Waals surface area contributed by atoms with Crippen molar-refractivity contribution < 1.29 is 14.7 Å². The number of carbonyl (C=O) groups excluding carboxylic acids is 1. The Labute approximate surface area is 112 Å². The summed E-state index contributed by atoms with van der Waals surface area (Å²) in [6, 6.07) is 5.91. The highest BCUT2D eigenvalue weighted by Gasteiger charge is 2.24. The number of carboxylic acids is 1. The summed E-state index contributed by atoms with van der Waals surface area (Å²) in [6.07, 6.45) is 0.418. The minimum absolute atomic E-state index is 0.0222. The number of fused-ring (bicyclic) bond motifs is 1. The van der Waals surface area contributed by atoms with E-state index >= 15 is 0 Å². The van der Waals surface area contributed by atoms with Gasteiger partial charge in [0.05, 0.1) is 13.0 Å². The van der Waals surface area contributed by atoms with E-state index in [4.69, 9.17) is 5.11 Å². The number of nitrogens with one attached hydrogen (secondary N) is 2. The van der Waals surface area contributed by atoms with E-state index in [-0.39, 0.29) is 17.9 Å². The van der Waals surface area contributed by atoms with Crippen LogP contribution in [0.5, 0.6) is 0 Å². The van der Waals surface area contributed by atoms with Gasteiger partial charge in [0.15, 0.2) is 0 Å². The van der Waals surface area contributed by atoms with Gasteiger partial charge in [0.2, 0.25) is 5.91 Å². The van der Waals surface area contributed by atoms with Crippen molar-refractivity contribution in [2.45, 2.75) is 25.7 Å². The largest absolute Gasteiger partial charge is 0.480 e. The molecule has 1 amide bonds. The van der Waals surface area contributed by atoms with Crippen LogP contribution in [0.3, 0.4) is 0 Å². The maximum absolute atomic E-state index is 11.3. The first-order valence-electron chi connectivity index (χ1n) is 6.24. The number of hydrogen-bond donors (Lipinski definition) is 3. The van der Waals surface area contributed by atoms with Crippen LogP contribution in [0.2, 0.25) is 0 Å². The molecular formula is C14H18N2O3. The molecule has 0 atom stereocenters. The zero-order valence-electron chi connectivity index (χ0n) is 11.1. The van der Waals surface area contributed by atoms with Crippen LogP contribution in [0.15, 0.2) is 18.2 Å². The molecule has 5 nitrogen and oxygen atoms in total. The minimum Gasteiger partial charge on any atom is -0.480 e. The summed E-state index contributed by atoms with van der Waals surface area (Å²) >= 11 is 0. The normalized spacial score (nSPS) is 14.1. The van der Waals surface area contributed by atoms with Gasteiger partial charge in [-0.2, -0.15) is 0 Å². The van der Waals surface area contributed by atoms with Crippen LogP contribution in [-0.2, 0) is 21.4 Å². The molecule has 0 fully saturated rings. The van der Waals surface area contributed by atoms with Crippen molar-refractivity contribution in [3.63, 3.8) is 0 Å². The Hall–Kier alpha value is -1.88. The first-order valence-corrected chi connectivity index (χ1v) is 6.24. The molecule has 0 unspecified atom stereocenters. The summed E-state index contributed by atoms with van der Waals surface area (Å²) in [4.78, 5) is 21.8. The molecule has 1 aliphatic heterocycles. The van der Waals surface area contributed by atoms with Crippen molar-refractivity contribution in [2.75, 3.05) is 18.4 Å². The Morgan fingerprint density at radius 1 is 1.47 bits per heavy atom. The number of aliphatic carboxylic acids is 1. The number of benzene rings is 1. The van der Waals surface area contributed by atoms with Gasteiger partial charge in [0.25, 0.3) is 0 Å². The second-order valence-corrected chi connectivity index (χ2v) is 5.48. The van der Waals surface area contributed by atoms with Crippen molar-refractivity contribution in [1.29, 1.82) is 0 Å². The first kappa shape index (κ1) is 13.5. The summed E-state index contributed by atoms with van der Waals surface area (Å²) in [5.41, 5.74) is 2.80. The first-order chi connectivity index (χ1) is 8.88. The average molecular weight is 262 g/mol. The van der Waals surface area contributed by atoms with E-state index < -0.39 is 5.97 Å². The molecule has 1 aromatic rings. The second-order valence-electron chi connectivity index (χ2n) is 5.48. The van der Waals surface area contributed by atoms with Crippen LogP contribution in [0.1, 0.15) is 25.0 Å². The molecule has 5 heteroatoms. The highest BCUT2D eigenvalue weighted by molar-refractivity contribution is 5.99. The number of amides is 1. The predicted molar refractivity (Wildman–Crippen MR) is 72.3 cm³/mol. The topological polar surface area (TPSA) is 78.4 Å². The van der Waals surface area contributed by atoms with Crippen LogP contribution >= 0.6 is 0 Å². The summed E-state index contributed by atoms with van der Waals surface area (Å²) in [6.45, 7) is 4.62. The van der Waals surface area contributed by atoms with E-state index in [1.807, 2.05) is 32.0 Å². The van der Waals surface area contributed by atoms with Gasteiger partial charge in [0, 0.05) is 17.6 Å². The molecule has 1 heterocycles. The maximum atomic E-state index is 11.3. The summed E-state index contributed by atoms with van der Waals surface area (Å²) in [5.74, 6) is -0.839. The Balaban J connectivity index is 2.10. The highest BCUT2D eigenvalue weighted by Crippen LogP contribution is 2.29. The maximum Gasteiger partial charge on any atom is 0.317 e. The average Bonchev–Trinajstić information content (AvgIpc) is 2.67. The van der Waals surface area contributed by atoms with Crippen LogP contribution in [0.4, 0.5) is 5.69 Å². The quantitative estimate of drug-likeness (QED) is 0.743. The lowest BCUT2D eigenvalue weighted by Gasteiger charge is -2.26. The molecule has 0 spiro atoms. The zero-order chi connectivity index (χ0) is 14.0. The van der Waals surface area contributed by atoms with E-state index in [1.54, 1.807) is 0 Å². The van der Waals surface area contributed by atoms with Crippen molar-refractivity contribution in [3.05, 3.63) is 29.3 Å². The molecule has 0 aliphatic carbocycles. The molecule has 1 aromatic carbocycles. The molecule has 0 aromatic heterocycles. The predicted octanol–water partition coefficient (Wildman–Crippen LogP) is 1.13. The lowest BCUT2D eigenvalue weighted by atomic mass is 9.83. The number of rotatable bonds is 5. The molecule has 0 bridgehead atoms. The number of anilines is 1. The van der Waals surface area contributed by atoms with Crippen molar-refractivity contribution in [3.8, 4) is 0 Å². The van der Waals surface area contributed by atoms with Crippen molar-refractivity contribution >= 4 is 17.6 Å². The molecule has 19 heavy (non-hydrogen) atoms. The molecular weight excluding hydrogens is 244 g/mol. The Morgan fingerprint density at radius 2 is 2.21 bits per heavy atom. The van der Waals surface area contributed by atoms with Gasteiger partial charge in [-0.3, -0.25) is 9.59 Å². The zero-order valence-corrected chi connectivity index (χ0v) is 11.1. The van der Waals surface area contributed by atoms with Gasteiger partial charge < -0.3 is 15.7 Å². The third-order valence-corrected chi connectivity index (χ3v) is 3.35. The molecule has 0 saturated heterocycles. The standard InChI is InChI=1S/C14H18N2O3/c1-14(2,8-15-7-13(18)19)10-3-4-11-9(5-10)6-12(17)16-11/h3-5,15H,6-8H2,1-2H3,(H,16,17)(H,18,19). The Bertz CT molecular complexity index is 523. The van der Waals surface area contributed by atoms with Crippen LogP contribution in [0, 0.1) is 0 Å². The van der Waals surface area contributed by atoms with Gasteiger partial charge in [-0.25, -0.2) is 0 Å².